The number of carbonyl (C=O) groups is 13. The highest BCUT2D eigenvalue weighted by Gasteiger charge is 2.29. The van der Waals surface area contributed by atoms with E-state index in [2.05, 4.69) is 60.4 Å². The average Bonchev–Trinajstić information content (AvgIpc) is 0.879. The molecule has 0 fully saturated rings. The van der Waals surface area contributed by atoms with Gasteiger partial charge in [0.1, 0.15) is 42.3 Å². The third-order valence-corrected chi connectivity index (χ3v) is 21.6. The number of carboxylic acids is 1. The van der Waals surface area contributed by atoms with Gasteiger partial charge in [-0.3, -0.25) is 75.9 Å². The minimum absolute atomic E-state index is 0. The van der Waals surface area contributed by atoms with Gasteiger partial charge in [-0.1, -0.05) is 138 Å². The van der Waals surface area contributed by atoms with E-state index in [0.717, 1.165) is 0 Å². The number of nitrogen functional groups attached to an aromatic ring is 6. The lowest BCUT2D eigenvalue weighted by Gasteiger charge is -2.19. The second-order valence-corrected chi connectivity index (χ2v) is 29.7. The highest BCUT2D eigenvalue weighted by atomic mass is 33.1. The van der Waals surface area contributed by atoms with Crippen LogP contribution in [-0.2, 0) is 52.5 Å². The number of para-hydroxylation sites is 6. The Morgan fingerprint density at radius 3 is 0.752 bits per heavy atom. The monoisotopic (exact) mass is 1710 g/mol. The number of hydrogen-bond acceptors (Lipinski definition) is 37. The number of anilines is 6. The Kier molecular flexibility index (Phi) is 49.3. The maximum atomic E-state index is 12.5. The predicted octanol–water partition coefficient (Wildman–Crippen LogP) is -0.482. The summed E-state index contributed by atoms with van der Waals surface area (Å²) in [6.07, 6.45) is 0. The number of methoxy groups -OCH3 is 4. The number of benzene rings is 6. The van der Waals surface area contributed by atoms with E-state index in [0.29, 0.717) is 28.4 Å². The first-order valence-electron chi connectivity index (χ1n) is 33.3. The van der Waals surface area contributed by atoms with Crippen molar-refractivity contribution < 1.29 is 90.8 Å². The molecule has 0 aliphatic carbocycles. The van der Waals surface area contributed by atoms with Gasteiger partial charge in [-0.2, -0.15) is 12.6 Å². The lowest BCUT2D eigenvalue weighted by atomic mass is 10.1. The van der Waals surface area contributed by atoms with Crippen molar-refractivity contribution in [2.45, 2.75) is 42.3 Å². The van der Waals surface area contributed by atoms with Gasteiger partial charge in [-0.15, -0.1) is 0 Å². The van der Waals surface area contributed by atoms with E-state index >= 15 is 0 Å². The molecule has 0 aliphatic rings. The van der Waals surface area contributed by atoms with E-state index < -0.39 is 119 Å². The molecule has 0 bridgehead atoms. The zero-order valence-corrected chi connectivity index (χ0v) is 66.9. The largest absolute Gasteiger partial charge is 0.478 e. The zero-order chi connectivity index (χ0) is 87.1. The molecule has 0 aliphatic heterocycles. The fourth-order valence-corrected chi connectivity index (χ4v) is 15.1. The molecule has 620 valence electrons. The smallest absolute Gasteiger partial charge is 0.337 e. The lowest BCUT2D eigenvalue weighted by Crippen LogP contribution is -2.51. The van der Waals surface area contributed by atoms with Crippen molar-refractivity contribution in [3.63, 3.8) is 0 Å². The Hall–Kier alpha value is -10.6. The maximum absolute atomic E-state index is 12.5. The molecule has 0 aromatic heterocycles. The van der Waals surface area contributed by atoms with Crippen LogP contribution in [0.4, 0.5) is 34.1 Å². The summed E-state index contributed by atoms with van der Waals surface area (Å²) in [4.78, 5) is 154. The number of ether oxygens (including phenoxy) is 4. The molecular formula is C67H97N21O18S7. The Balaban J connectivity index is 0. The van der Waals surface area contributed by atoms with Crippen LogP contribution in [-0.4, -0.2) is 193 Å². The van der Waals surface area contributed by atoms with Crippen molar-refractivity contribution in [1.29, 1.82) is 0 Å². The van der Waals surface area contributed by atoms with Gasteiger partial charge >= 0.3 is 29.8 Å². The van der Waals surface area contributed by atoms with Crippen molar-refractivity contribution in [3.8, 4) is 0 Å². The number of amides is 8. The van der Waals surface area contributed by atoms with E-state index in [-0.39, 0.29) is 80.8 Å². The summed E-state index contributed by atoms with van der Waals surface area (Å²) in [6.45, 7) is 0. The number of aromatic carboxylic acids is 1. The first-order valence-corrected chi connectivity index (χ1v) is 40.4. The van der Waals surface area contributed by atoms with Crippen molar-refractivity contribution in [2.24, 2.45) is 40.7 Å². The van der Waals surface area contributed by atoms with Crippen LogP contribution in [0, 0.1) is 0 Å². The second-order valence-electron chi connectivity index (χ2n) is 21.7. The summed E-state index contributed by atoms with van der Waals surface area (Å²) < 4.78 is 28.5. The van der Waals surface area contributed by atoms with Gasteiger partial charge in [-0.25, -0.2) is 31.9 Å². The molecule has 6 aromatic rings. The van der Waals surface area contributed by atoms with Crippen molar-refractivity contribution in [3.05, 3.63) is 179 Å². The van der Waals surface area contributed by atoms with Gasteiger partial charge in [0.25, 0.3) is 47.3 Å². The molecule has 39 nitrogen and oxygen atoms in total. The van der Waals surface area contributed by atoms with Gasteiger partial charge in [-0.05, 0) is 72.8 Å². The van der Waals surface area contributed by atoms with Crippen LogP contribution in [0.25, 0.3) is 0 Å². The first-order chi connectivity index (χ1) is 54.9. The van der Waals surface area contributed by atoms with Crippen LogP contribution in [0.5, 0.6) is 0 Å². The molecule has 0 saturated carbocycles. The van der Waals surface area contributed by atoms with E-state index in [1.165, 1.54) is 111 Å². The highest BCUT2D eigenvalue weighted by molar-refractivity contribution is 8.77. The van der Waals surface area contributed by atoms with Gasteiger partial charge < -0.3 is 96.5 Å². The Morgan fingerprint density at radius 1 is 0.354 bits per heavy atom. The number of carboxylic acid groups (broad SMARTS) is 1. The number of hydrogen-bond donors (Lipinski definition) is 23. The normalized spacial score (nSPS) is 12.0. The van der Waals surface area contributed by atoms with Gasteiger partial charge in [0.2, 0.25) is 0 Å². The Bertz CT molecular complexity index is 3770. The third-order valence-electron chi connectivity index (χ3n) is 14.0. The van der Waals surface area contributed by atoms with Crippen LogP contribution >= 0.6 is 77.4 Å². The fraction of sp³-hybridized carbons (Fsp3) is 0.269. The minimum atomic E-state index is -0.988. The highest BCUT2D eigenvalue weighted by Crippen LogP contribution is 2.27. The quantitative estimate of drug-likeness (QED) is 0.00279. The van der Waals surface area contributed by atoms with Crippen molar-refractivity contribution in [1.82, 2.24) is 42.9 Å². The molecular weight excluding hydrogens is 1610 g/mol. The maximum Gasteiger partial charge on any atom is 0.337 e. The molecule has 113 heavy (non-hydrogen) atoms. The summed E-state index contributed by atoms with van der Waals surface area (Å²) in [5.74, 6) is 17.5. The summed E-state index contributed by atoms with van der Waals surface area (Å²) in [6, 6.07) is 32.8. The van der Waals surface area contributed by atoms with E-state index in [4.69, 9.17) is 80.9 Å². The fourth-order valence-electron chi connectivity index (χ4n) is 8.02. The molecule has 46 heteroatoms. The molecule has 0 spiro atoms. The van der Waals surface area contributed by atoms with Crippen LogP contribution in [0.3, 0.4) is 0 Å². The average molecular weight is 1710 g/mol. The predicted molar refractivity (Wildman–Crippen MR) is 451 cm³/mol. The molecule has 0 saturated heterocycles. The molecule has 7 unspecified atom stereocenters. The Labute approximate surface area is 683 Å². The minimum Gasteiger partial charge on any atom is -0.478 e. The molecule has 35 N–H and O–H groups in total. The topological polar surface area (TPSA) is 714 Å². The number of nitrogens with two attached hydrogens (primary N) is 13. The van der Waals surface area contributed by atoms with Crippen LogP contribution in [0.2, 0.25) is 0 Å². The van der Waals surface area contributed by atoms with E-state index in [9.17, 15) is 62.3 Å². The molecule has 8 amide bonds. The number of nitrogens with one attached hydrogen (secondary N) is 8. The number of carbonyl (C=O) groups excluding carboxylic acids is 12. The number of rotatable bonds is 34. The molecule has 0 radical (unpaired) electrons. The summed E-state index contributed by atoms with van der Waals surface area (Å²) in [5, 5.41) is 21.3. The van der Waals surface area contributed by atoms with Crippen molar-refractivity contribution >= 4 is 189 Å². The second kappa shape index (κ2) is 56.6. The van der Waals surface area contributed by atoms with Crippen LogP contribution in [0.15, 0.2) is 146 Å². The number of esters is 4. The summed E-state index contributed by atoms with van der Waals surface area (Å²) in [5.41, 5.74) is 54.3. The van der Waals surface area contributed by atoms with Gasteiger partial charge in [0.05, 0.1) is 61.8 Å². The van der Waals surface area contributed by atoms with E-state index in [1.807, 2.05) is 16.3 Å². The molecule has 6 aromatic carbocycles. The Morgan fingerprint density at radius 2 is 0.549 bits per heavy atom. The molecule has 0 heterocycles. The summed E-state index contributed by atoms with van der Waals surface area (Å²) >= 11 is 3.96. The van der Waals surface area contributed by atoms with Gasteiger partial charge in [0, 0.05) is 78.8 Å². The summed E-state index contributed by atoms with van der Waals surface area (Å²) in [7, 11) is 12.5. The SMILES string of the molecule is COC(=O)C(CSSCC(NC(=O)c1ccccc1N)C(=O)OC)NC(=O)c1ccccc1N.COC(=O)C(N)CSSCC(N)C(=O)OC.NN.NNC(=O)C(CS)NC(=O)c1ccccc1N.NNC(=O)C(CSSCC(NC(=O)c1ccccc1N)C(=O)NN)NC(=O)c1ccccc1N.Nc1ccccc1C(=O)O.[2H][3H].[3HH]. The molecule has 6 rings (SSSR count). The van der Waals surface area contributed by atoms with Gasteiger partial charge in [0.15, 0.2) is 0 Å². The third kappa shape index (κ3) is 37.1. The van der Waals surface area contributed by atoms with E-state index in [1.54, 1.807) is 127 Å². The molecule has 7 atom stereocenters. The lowest BCUT2D eigenvalue weighted by molar-refractivity contribution is -0.143. The first kappa shape index (κ1) is 98.5. The standard InChI is InChI=1S/C22H26N4O6S2.C20H26N8O4S2.C10H14N4O2S.C8H16N2O4S2.C7H7NO2.H4N2.2H2/c1-31-21(29)17(25-19(27)13-7-3-5-9-15(13)23)11-33-34-12-18(22(30)32-2)26-20(28)14-8-4-6-10-16(14)24;21-13-7-3-1-5-11(13)17(29)25-15(19(31)27-23)9-33-34-10-16(20(32)28-24)26-18(30)12-6-2-4-8-14(12)22;11-7-4-2-1-3-6(7)9(15)13-8(5-17)10(16)14-12;1-13-7(11)5(9)3-15-16-4-6(10)8(12)14-2;8-6-4-2-1-3-5(6)7(9)10;1-2;;/h3-10,17-18H,11-12,23-24H2,1-2H3,(H,25,27)(H,26,28);1-8,15-16H,9-10,21-24H2,(H,25,29)(H,26,30)(H,27,31)(H,28,32);1-4,8,17H,5,11-12H2,(H,13,15)(H,14,16);5-6H,3-4,9-10H2,1-2H3;1-4H,8H2,(H,9,10);1-2H2;2*1H/i;;;;;;1+2D;1+2. The van der Waals surface area contributed by atoms with Crippen LogP contribution < -0.4 is 118 Å². The number of thiol groups is 1. The van der Waals surface area contributed by atoms with Crippen molar-refractivity contribution in [2.75, 3.05) is 103 Å². The zero-order valence-electron chi connectivity index (χ0n) is 63.1. The van der Waals surface area contributed by atoms with Crippen LogP contribution in [0.1, 0.15) is 66.5 Å². The number of hydrazine groups is 4.